The molecule has 1 unspecified atom stereocenters. The van der Waals surface area contributed by atoms with Gasteiger partial charge < -0.3 is 15.2 Å². The number of carbonyl (C=O) groups is 1. The smallest absolute Gasteiger partial charge is 0.416 e. The molecule has 0 aliphatic rings. The molecule has 0 saturated carbocycles. The monoisotopic (exact) mass is 421 g/mol. The summed E-state index contributed by atoms with van der Waals surface area (Å²) in [4.78, 5) is 11.9. The number of ether oxygens (including phenoxy) is 1. The van der Waals surface area contributed by atoms with E-state index in [0.717, 1.165) is 12.1 Å². The number of hydrogen-bond acceptors (Lipinski definition) is 3. The molecule has 2 aromatic carbocycles. The first-order valence-corrected chi connectivity index (χ1v) is 8.59. The molecule has 0 fully saturated rings. The van der Waals surface area contributed by atoms with Gasteiger partial charge in [-0.05, 0) is 42.0 Å². The molecule has 146 valence electrons. The third kappa shape index (κ3) is 6.93. The van der Waals surface area contributed by atoms with Crippen molar-refractivity contribution in [1.29, 1.82) is 0 Å². The average molecular weight is 422 g/mol. The number of aliphatic hydroxyl groups is 1. The normalized spacial score (nSPS) is 12.5. The fourth-order valence-electron chi connectivity index (χ4n) is 2.12. The molecule has 4 nitrogen and oxygen atoms in total. The average Bonchev–Trinajstić information content (AvgIpc) is 2.61. The molecular formula is C18H16Cl2F3NO3. The lowest BCUT2D eigenvalue weighted by Crippen LogP contribution is -2.36. The van der Waals surface area contributed by atoms with Crippen molar-refractivity contribution in [1.82, 2.24) is 5.32 Å². The highest BCUT2D eigenvalue weighted by Crippen LogP contribution is 2.30. The van der Waals surface area contributed by atoms with Gasteiger partial charge in [-0.25, -0.2) is 0 Å². The van der Waals surface area contributed by atoms with E-state index in [4.69, 9.17) is 27.9 Å². The molecule has 0 aromatic heterocycles. The number of nitrogens with one attached hydrogen (secondary N) is 1. The lowest BCUT2D eigenvalue weighted by atomic mass is 10.1. The van der Waals surface area contributed by atoms with Gasteiger partial charge in [0.15, 0.2) is 0 Å². The second-order valence-electron chi connectivity index (χ2n) is 5.72. The largest absolute Gasteiger partial charge is 0.491 e. The second-order valence-corrected chi connectivity index (χ2v) is 6.53. The molecule has 0 heterocycles. The van der Waals surface area contributed by atoms with Crippen molar-refractivity contribution < 1.29 is 27.8 Å². The molecule has 0 spiro atoms. The van der Waals surface area contributed by atoms with Crippen molar-refractivity contribution in [3.05, 3.63) is 63.6 Å². The van der Waals surface area contributed by atoms with Crippen LogP contribution in [0.1, 0.15) is 11.1 Å². The number of amides is 1. The zero-order valence-corrected chi connectivity index (χ0v) is 15.4. The van der Waals surface area contributed by atoms with Crippen molar-refractivity contribution in [2.75, 3.05) is 13.2 Å². The number of halogens is 5. The van der Waals surface area contributed by atoms with Gasteiger partial charge >= 0.3 is 6.18 Å². The summed E-state index contributed by atoms with van der Waals surface area (Å²) in [5.41, 5.74) is -0.123. The van der Waals surface area contributed by atoms with Gasteiger partial charge in [0.05, 0.1) is 22.0 Å². The summed E-state index contributed by atoms with van der Waals surface area (Å²) in [6.45, 7) is -0.251. The van der Waals surface area contributed by atoms with Crippen molar-refractivity contribution in [3.63, 3.8) is 0 Å². The van der Waals surface area contributed by atoms with Crippen LogP contribution in [0.5, 0.6) is 5.75 Å². The molecular weight excluding hydrogens is 406 g/mol. The molecule has 0 aliphatic heterocycles. The van der Waals surface area contributed by atoms with Crippen LogP contribution in [-0.2, 0) is 17.4 Å². The Bertz CT molecular complexity index is 782. The molecule has 0 aliphatic carbocycles. The van der Waals surface area contributed by atoms with Crippen molar-refractivity contribution in [2.24, 2.45) is 0 Å². The maximum atomic E-state index is 12.5. The van der Waals surface area contributed by atoms with Crippen molar-refractivity contribution >= 4 is 29.1 Å². The summed E-state index contributed by atoms with van der Waals surface area (Å²) in [7, 11) is 0. The zero-order chi connectivity index (χ0) is 20.0. The first-order valence-electron chi connectivity index (χ1n) is 7.84. The fourth-order valence-corrected chi connectivity index (χ4v) is 2.44. The number of rotatable bonds is 7. The van der Waals surface area contributed by atoms with E-state index in [1.807, 2.05) is 0 Å². The van der Waals surface area contributed by atoms with E-state index in [0.29, 0.717) is 15.6 Å². The third-order valence-corrected chi connectivity index (χ3v) is 4.25. The van der Waals surface area contributed by atoms with Crippen LogP contribution in [0.15, 0.2) is 42.5 Å². The number of carbonyl (C=O) groups excluding carboxylic acids is 1. The predicted molar refractivity (Wildman–Crippen MR) is 96.1 cm³/mol. The maximum absolute atomic E-state index is 12.5. The molecule has 2 N–H and O–H groups in total. The van der Waals surface area contributed by atoms with Gasteiger partial charge in [-0.15, -0.1) is 0 Å². The molecule has 0 radical (unpaired) electrons. The van der Waals surface area contributed by atoms with Crippen LogP contribution >= 0.6 is 23.2 Å². The maximum Gasteiger partial charge on any atom is 0.416 e. The van der Waals surface area contributed by atoms with E-state index in [2.05, 4.69) is 5.32 Å². The minimum Gasteiger partial charge on any atom is -0.491 e. The first kappa shape index (κ1) is 21.3. The van der Waals surface area contributed by atoms with Crippen molar-refractivity contribution in [3.8, 4) is 5.75 Å². The molecule has 2 aromatic rings. The van der Waals surface area contributed by atoms with Gasteiger partial charge in [-0.3, -0.25) is 4.79 Å². The lowest BCUT2D eigenvalue weighted by molar-refractivity contribution is -0.137. The highest BCUT2D eigenvalue weighted by atomic mass is 35.5. The summed E-state index contributed by atoms with van der Waals surface area (Å²) in [5, 5.41) is 13.1. The zero-order valence-electron chi connectivity index (χ0n) is 13.9. The SMILES string of the molecule is O=C(Cc1ccc(Cl)c(Cl)c1)NCC(O)COc1ccc(C(F)(F)F)cc1. The molecule has 9 heteroatoms. The molecule has 0 saturated heterocycles. The molecule has 0 bridgehead atoms. The Morgan fingerprint density at radius 2 is 1.78 bits per heavy atom. The Kier molecular flexibility index (Phi) is 7.35. The Balaban J connectivity index is 1.74. The van der Waals surface area contributed by atoms with E-state index in [1.54, 1.807) is 18.2 Å². The standard InChI is InChI=1S/C18H16Cl2F3NO3/c19-15-6-1-11(7-16(15)20)8-17(26)24-9-13(25)10-27-14-4-2-12(3-5-14)18(21,22)23/h1-7,13,25H,8-10H2,(H,24,26). The highest BCUT2D eigenvalue weighted by molar-refractivity contribution is 6.42. The van der Waals surface area contributed by atoms with Crippen LogP contribution in [0.25, 0.3) is 0 Å². The summed E-state index contributed by atoms with van der Waals surface area (Å²) < 4.78 is 42.6. The van der Waals surface area contributed by atoms with E-state index < -0.39 is 17.8 Å². The summed E-state index contributed by atoms with van der Waals surface area (Å²) in [5.74, 6) is -0.147. The first-order chi connectivity index (χ1) is 12.6. The van der Waals surface area contributed by atoms with Crippen LogP contribution in [0.2, 0.25) is 10.0 Å². The summed E-state index contributed by atoms with van der Waals surface area (Å²) in [6.07, 6.45) is -5.38. The van der Waals surface area contributed by atoms with Gasteiger partial charge in [0.25, 0.3) is 0 Å². The van der Waals surface area contributed by atoms with Crippen LogP contribution in [0.3, 0.4) is 0 Å². The molecule has 2 rings (SSSR count). The van der Waals surface area contributed by atoms with Gasteiger partial charge in [-0.2, -0.15) is 13.2 Å². The number of benzene rings is 2. The number of hydrogen-bond donors (Lipinski definition) is 2. The van der Waals surface area contributed by atoms with Crippen molar-refractivity contribution in [2.45, 2.75) is 18.7 Å². The minimum atomic E-state index is -4.42. The third-order valence-electron chi connectivity index (χ3n) is 3.51. The lowest BCUT2D eigenvalue weighted by Gasteiger charge is -2.14. The fraction of sp³-hybridized carbons (Fsp3) is 0.278. The molecule has 27 heavy (non-hydrogen) atoms. The van der Waals surface area contributed by atoms with Gasteiger partial charge in [0.2, 0.25) is 5.91 Å². The Labute approximate surface area is 163 Å². The van der Waals surface area contributed by atoms with Crippen LogP contribution in [0.4, 0.5) is 13.2 Å². The van der Waals surface area contributed by atoms with E-state index in [-0.39, 0.29) is 31.2 Å². The summed E-state index contributed by atoms with van der Waals surface area (Å²) >= 11 is 11.7. The Morgan fingerprint density at radius 1 is 1.11 bits per heavy atom. The number of alkyl halides is 3. The predicted octanol–water partition coefficient (Wildman–Crippen LogP) is 4.11. The van der Waals surface area contributed by atoms with Crippen LogP contribution < -0.4 is 10.1 Å². The Morgan fingerprint density at radius 3 is 2.37 bits per heavy atom. The molecule has 1 amide bonds. The van der Waals surface area contributed by atoms with E-state index in [9.17, 15) is 23.1 Å². The van der Waals surface area contributed by atoms with E-state index in [1.165, 1.54) is 12.1 Å². The topological polar surface area (TPSA) is 58.6 Å². The van der Waals surface area contributed by atoms with E-state index >= 15 is 0 Å². The summed E-state index contributed by atoms with van der Waals surface area (Å²) in [6, 6.07) is 8.93. The second kappa shape index (κ2) is 9.30. The number of aliphatic hydroxyl groups excluding tert-OH is 1. The van der Waals surface area contributed by atoms with Gasteiger partial charge in [0.1, 0.15) is 18.5 Å². The Hall–Kier alpha value is -1.96. The highest BCUT2D eigenvalue weighted by Gasteiger charge is 2.30. The van der Waals surface area contributed by atoms with Gasteiger partial charge in [0, 0.05) is 6.54 Å². The van der Waals surface area contributed by atoms with Crippen LogP contribution in [0, 0.1) is 0 Å². The minimum absolute atomic E-state index is 0.0589. The van der Waals surface area contributed by atoms with Crippen LogP contribution in [-0.4, -0.2) is 30.3 Å². The quantitative estimate of drug-likeness (QED) is 0.706. The molecule has 1 atom stereocenters. The van der Waals surface area contributed by atoms with Gasteiger partial charge in [-0.1, -0.05) is 29.3 Å².